The fourth-order valence-corrected chi connectivity index (χ4v) is 0. The van der Waals surface area contributed by atoms with Gasteiger partial charge in [0.25, 0.3) is 0 Å². The molecule has 0 aromatic heterocycles. The van der Waals surface area contributed by atoms with Crippen molar-refractivity contribution >= 4 is 5.97 Å². The van der Waals surface area contributed by atoms with Crippen LogP contribution in [0.1, 0.15) is 0 Å². The maximum atomic E-state index is 9.24. The van der Waals surface area contributed by atoms with Crippen LogP contribution in [0, 0.1) is 0 Å². The summed E-state index contributed by atoms with van der Waals surface area (Å²) in [7, 11) is 0. The Hall–Kier alpha value is -0.570. The van der Waals surface area contributed by atoms with Gasteiger partial charge in [-0.05, 0) is 0 Å². The van der Waals surface area contributed by atoms with Crippen molar-refractivity contribution in [1.29, 1.82) is 0 Å². The monoisotopic (exact) mass is 79.0 g/mol. The molecule has 0 atom stereocenters. The molecule has 0 radical (unpaired) electrons. The maximum Gasteiger partial charge on any atom is 0.317 e. The highest BCUT2D eigenvalue weighted by molar-refractivity contribution is 5.68. The van der Waals surface area contributed by atoms with E-state index in [1.807, 2.05) is 0 Å². The molecule has 0 rings (SSSR count). The second-order valence-corrected chi connectivity index (χ2v) is 0.598. The maximum absolute atomic E-state index is 9.24. The zero-order chi connectivity index (χ0) is 4.28. The molecule has 0 heterocycles. The first-order valence-electron chi connectivity index (χ1n) is 1.19. The zero-order valence-electron chi connectivity index (χ0n) is 2.64. The number of aliphatic carboxylic acids is 1. The van der Waals surface area contributed by atoms with Crippen molar-refractivity contribution in [2.75, 3.05) is 6.54 Å². The van der Waals surface area contributed by atoms with Crippen LogP contribution in [-0.2, 0) is 4.79 Å². The molecule has 0 amide bonds. The number of rotatable bonds is 1. The summed E-state index contributed by atoms with van der Waals surface area (Å²) < 4.78 is 0. The summed E-state index contributed by atoms with van der Waals surface area (Å²) in [6, 6.07) is 0. The fraction of sp³-hybridized carbons (Fsp3) is 0.500. The Morgan fingerprint density at radius 2 is 2.20 bits per heavy atom. The summed E-state index contributed by atoms with van der Waals surface area (Å²) >= 11 is 0. The molecule has 3 heteroatoms. The molecule has 0 aromatic carbocycles. The van der Waals surface area contributed by atoms with E-state index in [2.05, 4.69) is 5.73 Å². The molecular weight excluding hydrogens is 74.0 g/mol. The topological polar surface area (TPSA) is 63.3 Å². The van der Waals surface area contributed by atoms with Crippen LogP contribution in [0.25, 0.3) is 0 Å². The molecule has 0 fully saturated rings. The molecular formula is C2H5NO2. The first-order chi connectivity index (χ1) is 2.27. The minimum absolute atomic E-state index is 0.278. The van der Waals surface area contributed by atoms with Gasteiger partial charge in [-0.2, -0.15) is 0 Å². The van der Waals surface area contributed by atoms with Crippen molar-refractivity contribution in [3.63, 3.8) is 0 Å². The second-order valence-electron chi connectivity index (χ2n) is 0.598. The number of hydrogen-bond donors (Lipinski definition) is 2. The van der Waals surface area contributed by atoms with Crippen LogP contribution in [0.2, 0.25) is 0 Å². The molecule has 3 nitrogen and oxygen atoms in total. The van der Waals surface area contributed by atoms with Crippen molar-refractivity contribution in [3.05, 3.63) is 0 Å². The van der Waals surface area contributed by atoms with Crippen molar-refractivity contribution in [3.8, 4) is 0 Å². The third kappa shape index (κ3) is 3.43. The zero-order valence-corrected chi connectivity index (χ0v) is 2.64. The van der Waals surface area contributed by atoms with E-state index in [4.69, 9.17) is 5.11 Å². The Labute approximate surface area is 29.4 Å². The molecule has 0 aliphatic rings. The van der Waals surface area contributed by atoms with Gasteiger partial charge in [-0.15, -0.1) is 0 Å². The van der Waals surface area contributed by atoms with Gasteiger partial charge in [0.05, 0.1) is 6.54 Å². The minimum atomic E-state index is -0.968. The van der Waals surface area contributed by atoms with Crippen molar-refractivity contribution in [2.45, 2.75) is 0 Å². The lowest BCUT2D eigenvalue weighted by molar-refractivity contribution is -0.135. The van der Waals surface area contributed by atoms with Crippen LogP contribution >= 0.6 is 0 Å². The van der Waals surface area contributed by atoms with Crippen LogP contribution in [0.3, 0.4) is 0 Å². The van der Waals surface area contributed by atoms with Gasteiger partial charge in [-0.25, -0.2) is 0 Å². The van der Waals surface area contributed by atoms with E-state index in [-0.39, 0.29) is 6.54 Å². The predicted octanol–water partition coefficient (Wildman–Crippen LogP) is -0.970. The average molecular weight is 79.1 g/mol. The lowest BCUT2D eigenvalue weighted by Gasteiger charge is -1.73. The highest BCUT2D eigenvalue weighted by Crippen LogP contribution is 1.43. The highest BCUT2D eigenvalue weighted by atomic mass is 16.7. The van der Waals surface area contributed by atoms with Gasteiger partial charge in [0.1, 0.15) is 0 Å². The fourth-order valence-electron chi connectivity index (χ4n) is 0. The molecule has 0 aliphatic heterocycles. The average Bonchev–Trinajstić information content (AvgIpc) is 1.38. The van der Waals surface area contributed by atoms with E-state index >= 15 is 0 Å². The second kappa shape index (κ2) is 1.72. The van der Waals surface area contributed by atoms with Crippen molar-refractivity contribution in [1.82, 2.24) is 0 Å². The Morgan fingerprint density at radius 3 is 2.20 bits per heavy atom. The SMILES string of the molecule is N[14CH2][14C](=O)O. The van der Waals surface area contributed by atoms with Gasteiger partial charge < -0.3 is 10.8 Å². The van der Waals surface area contributed by atoms with Crippen LogP contribution in [0.5, 0.6) is 0 Å². The summed E-state index contributed by atoms with van der Waals surface area (Å²) in [4.78, 5) is 9.24. The van der Waals surface area contributed by atoms with E-state index < -0.39 is 5.97 Å². The molecule has 5 heavy (non-hydrogen) atoms. The van der Waals surface area contributed by atoms with Gasteiger partial charge in [0.15, 0.2) is 0 Å². The lowest BCUT2D eigenvalue weighted by Crippen LogP contribution is -2.10. The Balaban J connectivity index is 2.85. The van der Waals surface area contributed by atoms with Crippen LogP contribution < -0.4 is 5.73 Å². The van der Waals surface area contributed by atoms with Gasteiger partial charge in [0, 0.05) is 0 Å². The third-order valence-electron chi connectivity index (χ3n) is 0.175. The number of hydrogen-bond acceptors (Lipinski definition) is 2. The smallest absolute Gasteiger partial charge is 0.317 e. The lowest BCUT2D eigenvalue weighted by atomic mass is 12.5. The summed E-state index contributed by atoms with van der Waals surface area (Å²) in [5, 5.41) is 7.60. The number of carboxylic acids is 1. The summed E-state index contributed by atoms with van der Waals surface area (Å²) in [6.07, 6.45) is 0. The molecule has 0 aromatic rings. The van der Waals surface area contributed by atoms with Crippen LogP contribution in [0.15, 0.2) is 0 Å². The largest absolute Gasteiger partial charge is 0.480 e. The van der Waals surface area contributed by atoms with E-state index in [0.29, 0.717) is 0 Å². The quantitative estimate of drug-likeness (QED) is 0.425. The Kier molecular flexibility index (Phi) is 1.53. The number of carbonyl (C=O) groups is 1. The van der Waals surface area contributed by atoms with Crippen molar-refractivity contribution < 1.29 is 9.90 Å². The van der Waals surface area contributed by atoms with Gasteiger partial charge in [0.2, 0.25) is 0 Å². The number of carboxylic acid groups (broad SMARTS) is 1. The number of nitrogens with two attached hydrogens (primary N) is 1. The highest BCUT2D eigenvalue weighted by Gasteiger charge is 1.81. The van der Waals surface area contributed by atoms with Crippen molar-refractivity contribution in [2.24, 2.45) is 5.73 Å². The molecule has 0 bridgehead atoms. The first kappa shape index (κ1) is 4.43. The summed E-state index contributed by atoms with van der Waals surface area (Å²) in [5.41, 5.74) is 4.57. The van der Waals surface area contributed by atoms with E-state index in [0.717, 1.165) is 0 Å². The van der Waals surface area contributed by atoms with E-state index in [9.17, 15) is 4.79 Å². The standard InChI is InChI=1S/C2H5NO2/c3-1-2(4)5/h1,3H2,(H,4,5)/i1+2,2+2. The minimum Gasteiger partial charge on any atom is -0.480 e. The van der Waals surface area contributed by atoms with Gasteiger partial charge in [-0.3, -0.25) is 4.79 Å². The molecule has 0 saturated carbocycles. The molecule has 0 spiro atoms. The van der Waals surface area contributed by atoms with Gasteiger partial charge in [-0.1, -0.05) is 0 Å². The Bertz CT molecular complexity index is 42.9. The summed E-state index contributed by atoms with van der Waals surface area (Å²) in [5.74, 6) is -0.968. The van der Waals surface area contributed by atoms with E-state index in [1.165, 1.54) is 0 Å². The predicted molar refractivity (Wildman–Crippen MR) is 16.7 cm³/mol. The van der Waals surface area contributed by atoms with E-state index in [1.54, 1.807) is 0 Å². The molecule has 0 aliphatic carbocycles. The van der Waals surface area contributed by atoms with Crippen LogP contribution in [-0.4, -0.2) is 17.6 Å². The molecule has 0 saturated heterocycles. The molecule has 0 unspecified atom stereocenters. The first-order valence-corrected chi connectivity index (χ1v) is 1.19. The molecule has 3 N–H and O–H groups in total. The van der Waals surface area contributed by atoms with Gasteiger partial charge >= 0.3 is 5.97 Å². The molecule has 30 valence electrons. The Morgan fingerprint density at radius 1 is 2.00 bits per heavy atom. The third-order valence-corrected chi connectivity index (χ3v) is 0.175. The van der Waals surface area contributed by atoms with Crippen LogP contribution in [0.4, 0.5) is 0 Å². The summed E-state index contributed by atoms with van der Waals surface area (Å²) in [6.45, 7) is -0.278. The normalized spacial score (nSPS) is 7.40.